The van der Waals surface area contributed by atoms with E-state index in [-0.39, 0.29) is 5.52 Å². The molecule has 3 N–H and O–H groups in total. The van der Waals surface area contributed by atoms with E-state index in [4.69, 9.17) is 4.98 Å². The fourth-order valence-electron chi connectivity index (χ4n) is 4.61. The first-order valence-corrected chi connectivity index (χ1v) is 12.3. The molecule has 0 aliphatic rings. The fraction of sp³-hybridized carbons (Fsp3) is 0.138. The molecule has 38 heavy (non-hydrogen) atoms. The number of pyridine rings is 3. The van der Waals surface area contributed by atoms with Crippen LogP contribution in [-0.2, 0) is 0 Å². The minimum absolute atomic E-state index is 0.240. The number of imidazole rings is 1. The number of aromatic amines is 2. The number of benzene rings is 1. The molecule has 0 bridgehead atoms. The Balaban J connectivity index is 1.41. The lowest BCUT2D eigenvalue weighted by atomic mass is 10.0. The number of aromatic nitrogens is 7. The van der Waals surface area contributed by atoms with Gasteiger partial charge in [0.15, 0.2) is 11.6 Å². The number of allylic oxidation sites excluding steroid dienone is 1. The summed E-state index contributed by atoms with van der Waals surface area (Å²) >= 11 is 0. The third-order valence-electron chi connectivity index (χ3n) is 6.25. The Bertz CT molecular complexity index is 1790. The lowest BCUT2D eigenvalue weighted by molar-refractivity contribution is 0.636. The molecule has 0 amide bonds. The van der Waals surface area contributed by atoms with E-state index < -0.39 is 5.82 Å². The molecule has 0 fully saturated rings. The molecule has 0 unspecified atom stereocenters. The lowest BCUT2D eigenvalue weighted by Gasteiger charge is -2.12. The smallest absolute Gasteiger partial charge is 0.157 e. The van der Waals surface area contributed by atoms with Crippen molar-refractivity contribution in [1.29, 1.82) is 0 Å². The summed E-state index contributed by atoms with van der Waals surface area (Å²) in [5.74, 6) is 0.593. The number of fused-ring (bicyclic) bond motifs is 2. The standard InChI is InChI=1S/C29H25FN8/c1-16(2)10-17(3)34-21-11-20(14-32-15-21)19-12-22-26(23(30)13-19)37-38-27(22)29-35-24-6-9-33-25(28(24)36-29)18-4-7-31-8-5-18/h4-9,11-16,34H,3,10H2,1-2H3,(H,35,36)(H,37,38). The van der Waals surface area contributed by atoms with Crippen LogP contribution in [0, 0.1) is 11.7 Å². The molecule has 0 aliphatic carbocycles. The van der Waals surface area contributed by atoms with Crippen LogP contribution in [0.3, 0.4) is 0 Å². The molecule has 5 aromatic heterocycles. The Labute approximate surface area is 218 Å². The van der Waals surface area contributed by atoms with Gasteiger partial charge in [0.1, 0.15) is 16.7 Å². The number of hydrogen-bond acceptors (Lipinski definition) is 6. The fourth-order valence-corrected chi connectivity index (χ4v) is 4.61. The van der Waals surface area contributed by atoms with Crippen LogP contribution in [0.15, 0.2) is 79.7 Å². The molecule has 0 aliphatic heterocycles. The van der Waals surface area contributed by atoms with Crippen LogP contribution in [0.4, 0.5) is 10.1 Å². The van der Waals surface area contributed by atoms with Crippen molar-refractivity contribution in [2.24, 2.45) is 5.92 Å². The number of halogens is 1. The second-order valence-corrected chi connectivity index (χ2v) is 9.62. The van der Waals surface area contributed by atoms with Gasteiger partial charge < -0.3 is 10.3 Å². The highest BCUT2D eigenvalue weighted by molar-refractivity contribution is 5.97. The van der Waals surface area contributed by atoms with Gasteiger partial charge in [-0.05, 0) is 54.3 Å². The number of nitrogens with zero attached hydrogens (tertiary/aromatic N) is 5. The SMILES string of the molecule is C=C(CC(C)C)Nc1cncc(-c2cc(F)c3n[nH]c(-c4nc5c(-c6ccncc6)nccc5[nH]4)c3c2)c1. The molecule has 1 aromatic carbocycles. The van der Waals surface area contributed by atoms with Gasteiger partial charge in [0.25, 0.3) is 0 Å². The maximum absolute atomic E-state index is 15.2. The minimum Gasteiger partial charge on any atom is -0.358 e. The van der Waals surface area contributed by atoms with Crippen LogP contribution in [0.2, 0.25) is 0 Å². The Morgan fingerprint density at radius 1 is 0.974 bits per heavy atom. The number of hydrogen-bond donors (Lipinski definition) is 3. The van der Waals surface area contributed by atoms with E-state index in [1.54, 1.807) is 31.0 Å². The summed E-state index contributed by atoms with van der Waals surface area (Å²) in [6.07, 6.45) is 9.46. The Morgan fingerprint density at radius 3 is 2.63 bits per heavy atom. The van der Waals surface area contributed by atoms with Crippen LogP contribution in [0.5, 0.6) is 0 Å². The van der Waals surface area contributed by atoms with Gasteiger partial charge in [0, 0.05) is 47.0 Å². The van der Waals surface area contributed by atoms with Crippen LogP contribution in [0.1, 0.15) is 20.3 Å². The third-order valence-corrected chi connectivity index (χ3v) is 6.25. The lowest BCUT2D eigenvalue weighted by Crippen LogP contribution is -2.02. The van der Waals surface area contributed by atoms with Crippen molar-refractivity contribution in [1.82, 2.24) is 35.1 Å². The maximum atomic E-state index is 15.2. The second-order valence-electron chi connectivity index (χ2n) is 9.62. The zero-order valence-electron chi connectivity index (χ0n) is 21.0. The van der Waals surface area contributed by atoms with Gasteiger partial charge in [-0.1, -0.05) is 20.4 Å². The Kier molecular flexibility index (Phi) is 5.88. The summed E-state index contributed by atoms with van der Waals surface area (Å²) in [5.41, 5.74) is 7.14. The molecule has 9 heteroatoms. The van der Waals surface area contributed by atoms with E-state index in [1.165, 1.54) is 6.07 Å². The van der Waals surface area contributed by atoms with Gasteiger partial charge in [-0.3, -0.25) is 20.1 Å². The molecule has 188 valence electrons. The number of H-pyrrole nitrogens is 2. The van der Waals surface area contributed by atoms with Crippen LogP contribution >= 0.6 is 0 Å². The van der Waals surface area contributed by atoms with Crippen LogP contribution in [-0.4, -0.2) is 35.1 Å². The van der Waals surface area contributed by atoms with E-state index in [0.717, 1.165) is 40.1 Å². The summed E-state index contributed by atoms with van der Waals surface area (Å²) in [6, 6.07) is 10.9. The quantitative estimate of drug-likeness (QED) is 0.222. The summed E-state index contributed by atoms with van der Waals surface area (Å²) in [4.78, 5) is 21.1. The van der Waals surface area contributed by atoms with Crippen molar-refractivity contribution >= 4 is 27.6 Å². The summed E-state index contributed by atoms with van der Waals surface area (Å²) < 4.78 is 15.2. The van der Waals surface area contributed by atoms with Crippen molar-refractivity contribution in [3.63, 3.8) is 0 Å². The predicted molar refractivity (Wildman–Crippen MR) is 148 cm³/mol. The normalized spacial score (nSPS) is 11.5. The first-order chi connectivity index (χ1) is 18.5. The molecule has 0 saturated heterocycles. The van der Waals surface area contributed by atoms with Crippen LogP contribution < -0.4 is 5.32 Å². The number of anilines is 1. The highest BCUT2D eigenvalue weighted by atomic mass is 19.1. The molecule has 5 heterocycles. The predicted octanol–water partition coefficient (Wildman–Crippen LogP) is 6.74. The van der Waals surface area contributed by atoms with E-state index in [9.17, 15) is 0 Å². The summed E-state index contributed by atoms with van der Waals surface area (Å²) in [6.45, 7) is 8.38. The summed E-state index contributed by atoms with van der Waals surface area (Å²) in [7, 11) is 0. The van der Waals surface area contributed by atoms with E-state index in [2.05, 4.69) is 55.9 Å². The zero-order chi connectivity index (χ0) is 26.2. The van der Waals surface area contributed by atoms with Gasteiger partial charge in [0.05, 0.1) is 23.1 Å². The number of nitrogens with one attached hydrogen (secondary N) is 3. The number of rotatable bonds is 7. The highest BCUT2D eigenvalue weighted by Crippen LogP contribution is 2.34. The zero-order valence-corrected chi connectivity index (χ0v) is 21.0. The van der Waals surface area contributed by atoms with Crippen molar-refractivity contribution in [3.8, 4) is 33.9 Å². The van der Waals surface area contributed by atoms with Gasteiger partial charge in [-0.2, -0.15) is 5.10 Å². The van der Waals surface area contributed by atoms with E-state index >= 15 is 4.39 Å². The van der Waals surface area contributed by atoms with Crippen LogP contribution in [0.25, 0.3) is 55.8 Å². The van der Waals surface area contributed by atoms with Gasteiger partial charge in [-0.25, -0.2) is 9.37 Å². The van der Waals surface area contributed by atoms with Gasteiger partial charge in [-0.15, -0.1) is 0 Å². The van der Waals surface area contributed by atoms with Crippen molar-refractivity contribution in [2.45, 2.75) is 20.3 Å². The second kappa shape index (κ2) is 9.51. The molecule has 0 atom stereocenters. The average Bonchev–Trinajstić information content (AvgIpc) is 3.53. The maximum Gasteiger partial charge on any atom is 0.157 e. The minimum atomic E-state index is -0.433. The monoisotopic (exact) mass is 504 g/mol. The average molecular weight is 505 g/mol. The molecule has 6 aromatic rings. The van der Waals surface area contributed by atoms with Crippen molar-refractivity contribution < 1.29 is 4.39 Å². The van der Waals surface area contributed by atoms with Crippen molar-refractivity contribution in [2.75, 3.05) is 5.32 Å². The molecule has 6 rings (SSSR count). The topological polar surface area (TPSA) is 108 Å². The molecule has 0 saturated carbocycles. The highest BCUT2D eigenvalue weighted by Gasteiger charge is 2.18. The van der Waals surface area contributed by atoms with Gasteiger partial charge in [0.2, 0.25) is 0 Å². The third kappa shape index (κ3) is 4.39. The molecule has 0 spiro atoms. The molecular weight excluding hydrogens is 479 g/mol. The van der Waals surface area contributed by atoms with E-state index in [1.807, 2.05) is 30.3 Å². The Hall–Kier alpha value is -4.92. The summed E-state index contributed by atoms with van der Waals surface area (Å²) in [5, 5.41) is 11.1. The molecule has 0 radical (unpaired) electrons. The first-order valence-electron chi connectivity index (χ1n) is 12.3. The van der Waals surface area contributed by atoms with Crippen molar-refractivity contribution in [3.05, 3.63) is 85.5 Å². The largest absolute Gasteiger partial charge is 0.358 e. The molecular formula is C29H25FN8. The molecule has 8 nitrogen and oxygen atoms in total. The first kappa shape index (κ1) is 23.5. The van der Waals surface area contributed by atoms with E-state index in [0.29, 0.717) is 33.9 Å². The van der Waals surface area contributed by atoms with Gasteiger partial charge >= 0.3 is 0 Å². The Morgan fingerprint density at radius 2 is 1.82 bits per heavy atom.